The zero-order valence-corrected chi connectivity index (χ0v) is 7.96. The molecule has 1 heterocycles. The topological polar surface area (TPSA) is 34.9 Å². The SMILES string of the molecule is CC(=O)c1nc(C)cn1C(C)C. The number of carbonyl (C=O) groups excluding carboxylic acids is 1. The molecule has 1 rings (SSSR count). The summed E-state index contributed by atoms with van der Waals surface area (Å²) in [6.07, 6.45) is 1.90. The zero-order chi connectivity index (χ0) is 9.30. The minimum Gasteiger partial charge on any atom is -0.326 e. The molecular weight excluding hydrogens is 152 g/mol. The number of rotatable bonds is 2. The molecule has 1 aromatic heterocycles. The van der Waals surface area contributed by atoms with Gasteiger partial charge in [-0.1, -0.05) is 0 Å². The predicted molar refractivity (Wildman–Crippen MR) is 47.4 cm³/mol. The summed E-state index contributed by atoms with van der Waals surface area (Å²) >= 11 is 0. The fourth-order valence-corrected chi connectivity index (χ4v) is 1.17. The first kappa shape index (κ1) is 8.97. The lowest BCUT2D eigenvalue weighted by atomic mass is 10.3. The summed E-state index contributed by atoms with van der Waals surface area (Å²) in [5, 5.41) is 0. The highest BCUT2D eigenvalue weighted by atomic mass is 16.1. The Hall–Kier alpha value is -1.12. The Labute approximate surface area is 72.4 Å². The van der Waals surface area contributed by atoms with E-state index in [4.69, 9.17) is 0 Å². The van der Waals surface area contributed by atoms with Crippen LogP contribution in [-0.4, -0.2) is 15.3 Å². The van der Waals surface area contributed by atoms with Gasteiger partial charge in [0.1, 0.15) is 0 Å². The van der Waals surface area contributed by atoms with Crippen molar-refractivity contribution >= 4 is 5.78 Å². The van der Waals surface area contributed by atoms with E-state index in [0.717, 1.165) is 5.69 Å². The first-order valence-electron chi connectivity index (χ1n) is 4.08. The summed E-state index contributed by atoms with van der Waals surface area (Å²) in [5.74, 6) is 0.583. The van der Waals surface area contributed by atoms with Crippen LogP contribution in [0.2, 0.25) is 0 Å². The molecule has 0 bridgehead atoms. The van der Waals surface area contributed by atoms with Gasteiger partial charge in [0.2, 0.25) is 0 Å². The molecule has 3 heteroatoms. The molecule has 0 radical (unpaired) electrons. The predicted octanol–water partition coefficient (Wildman–Crippen LogP) is 1.98. The van der Waals surface area contributed by atoms with E-state index < -0.39 is 0 Å². The lowest BCUT2D eigenvalue weighted by Gasteiger charge is -2.08. The van der Waals surface area contributed by atoms with Gasteiger partial charge in [-0.15, -0.1) is 0 Å². The molecule has 0 N–H and O–H groups in total. The summed E-state index contributed by atoms with van der Waals surface area (Å²) in [6.45, 7) is 7.51. The Morgan fingerprint density at radius 2 is 2.17 bits per heavy atom. The van der Waals surface area contributed by atoms with Gasteiger partial charge in [-0.3, -0.25) is 4.79 Å². The molecule has 0 aliphatic rings. The van der Waals surface area contributed by atoms with Crippen LogP contribution in [0.5, 0.6) is 0 Å². The van der Waals surface area contributed by atoms with Crippen LogP contribution in [0.4, 0.5) is 0 Å². The van der Waals surface area contributed by atoms with Crippen molar-refractivity contribution in [2.24, 2.45) is 0 Å². The number of aromatic nitrogens is 2. The van der Waals surface area contributed by atoms with Gasteiger partial charge in [0, 0.05) is 19.2 Å². The molecule has 0 fully saturated rings. The Morgan fingerprint density at radius 3 is 2.50 bits per heavy atom. The van der Waals surface area contributed by atoms with Crippen LogP contribution in [-0.2, 0) is 0 Å². The van der Waals surface area contributed by atoms with E-state index >= 15 is 0 Å². The molecule has 0 atom stereocenters. The number of ketones is 1. The number of carbonyl (C=O) groups is 1. The van der Waals surface area contributed by atoms with Gasteiger partial charge < -0.3 is 4.57 Å². The lowest BCUT2D eigenvalue weighted by Crippen LogP contribution is -2.08. The maximum Gasteiger partial charge on any atom is 0.195 e. The molecule has 0 aromatic carbocycles. The fraction of sp³-hybridized carbons (Fsp3) is 0.556. The van der Waals surface area contributed by atoms with E-state index in [2.05, 4.69) is 4.98 Å². The van der Waals surface area contributed by atoms with Crippen LogP contribution in [0.15, 0.2) is 6.20 Å². The van der Waals surface area contributed by atoms with Crippen LogP contribution >= 0.6 is 0 Å². The Kier molecular flexibility index (Phi) is 2.31. The van der Waals surface area contributed by atoms with Crippen molar-refractivity contribution in [2.45, 2.75) is 33.7 Å². The van der Waals surface area contributed by atoms with Gasteiger partial charge in [-0.2, -0.15) is 0 Å². The first-order valence-corrected chi connectivity index (χ1v) is 4.08. The first-order chi connectivity index (χ1) is 5.52. The van der Waals surface area contributed by atoms with E-state index in [9.17, 15) is 4.79 Å². The number of nitrogens with zero attached hydrogens (tertiary/aromatic N) is 2. The number of aryl methyl sites for hydroxylation is 1. The molecule has 0 unspecified atom stereocenters. The van der Waals surface area contributed by atoms with Crippen LogP contribution in [0.1, 0.15) is 43.1 Å². The van der Waals surface area contributed by atoms with Crippen molar-refractivity contribution in [1.82, 2.24) is 9.55 Å². The summed E-state index contributed by atoms with van der Waals surface area (Å²) < 4.78 is 1.90. The lowest BCUT2D eigenvalue weighted by molar-refractivity contribution is 0.0998. The van der Waals surface area contributed by atoms with Crippen LogP contribution in [0, 0.1) is 6.92 Å². The second-order valence-corrected chi connectivity index (χ2v) is 3.26. The molecule has 0 spiro atoms. The summed E-state index contributed by atoms with van der Waals surface area (Å²) in [5.41, 5.74) is 0.897. The molecule has 66 valence electrons. The Bertz CT molecular complexity index is 299. The minimum absolute atomic E-state index is 0.0248. The normalized spacial score (nSPS) is 10.8. The van der Waals surface area contributed by atoms with Gasteiger partial charge in [0.25, 0.3) is 0 Å². The maximum atomic E-state index is 11.1. The fourth-order valence-electron chi connectivity index (χ4n) is 1.17. The third-order valence-corrected chi connectivity index (χ3v) is 1.72. The van der Waals surface area contributed by atoms with Crippen molar-refractivity contribution < 1.29 is 4.79 Å². The Morgan fingerprint density at radius 1 is 1.58 bits per heavy atom. The molecular formula is C9H14N2O. The molecule has 1 aromatic rings. The van der Waals surface area contributed by atoms with Crippen molar-refractivity contribution in [3.8, 4) is 0 Å². The smallest absolute Gasteiger partial charge is 0.195 e. The second kappa shape index (κ2) is 3.09. The summed E-state index contributed by atoms with van der Waals surface area (Å²) in [4.78, 5) is 15.2. The number of Topliss-reactive ketones (excluding diaryl/α,β-unsaturated/α-hetero) is 1. The largest absolute Gasteiger partial charge is 0.326 e. The van der Waals surface area contributed by atoms with Gasteiger partial charge in [0.15, 0.2) is 11.6 Å². The van der Waals surface area contributed by atoms with Crippen LogP contribution < -0.4 is 0 Å². The van der Waals surface area contributed by atoms with E-state index in [0.29, 0.717) is 11.9 Å². The average molecular weight is 166 g/mol. The third kappa shape index (κ3) is 1.55. The zero-order valence-electron chi connectivity index (χ0n) is 7.96. The highest BCUT2D eigenvalue weighted by Gasteiger charge is 2.11. The highest BCUT2D eigenvalue weighted by Crippen LogP contribution is 2.10. The van der Waals surface area contributed by atoms with E-state index in [1.807, 2.05) is 31.5 Å². The third-order valence-electron chi connectivity index (χ3n) is 1.72. The van der Waals surface area contributed by atoms with Gasteiger partial charge in [-0.25, -0.2) is 4.98 Å². The molecule has 3 nitrogen and oxygen atoms in total. The van der Waals surface area contributed by atoms with Crippen LogP contribution in [0.3, 0.4) is 0 Å². The van der Waals surface area contributed by atoms with E-state index in [1.165, 1.54) is 0 Å². The molecule has 0 saturated heterocycles. The monoisotopic (exact) mass is 166 g/mol. The highest BCUT2D eigenvalue weighted by molar-refractivity contribution is 5.90. The van der Waals surface area contributed by atoms with Crippen molar-refractivity contribution in [1.29, 1.82) is 0 Å². The van der Waals surface area contributed by atoms with Crippen molar-refractivity contribution in [3.05, 3.63) is 17.7 Å². The Balaban J connectivity index is 3.17. The van der Waals surface area contributed by atoms with Crippen molar-refractivity contribution in [3.63, 3.8) is 0 Å². The maximum absolute atomic E-state index is 11.1. The molecule has 12 heavy (non-hydrogen) atoms. The number of hydrogen-bond donors (Lipinski definition) is 0. The molecule has 0 aliphatic carbocycles. The number of hydrogen-bond acceptors (Lipinski definition) is 2. The van der Waals surface area contributed by atoms with Gasteiger partial charge in [-0.05, 0) is 20.8 Å². The average Bonchev–Trinajstić information content (AvgIpc) is 2.31. The van der Waals surface area contributed by atoms with Crippen molar-refractivity contribution in [2.75, 3.05) is 0 Å². The minimum atomic E-state index is 0.0248. The summed E-state index contributed by atoms with van der Waals surface area (Å²) in [6, 6.07) is 0.296. The molecule has 0 saturated carbocycles. The summed E-state index contributed by atoms with van der Waals surface area (Å²) in [7, 11) is 0. The number of imidazole rings is 1. The molecule has 0 amide bonds. The van der Waals surface area contributed by atoms with Gasteiger partial charge in [0.05, 0.1) is 5.69 Å². The van der Waals surface area contributed by atoms with Crippen LogP contribution in [0.25, 0.3) is 0 Å². The second-order valence-electron chi connectivity index (χ2n) is 3.26. The van der Waals surface area contributed by atoms with E-state index in [1.54, 1.807) is 6.92 Å². The standard InChI is InChI=1S/C9H14N2O/c1-6(2)11-5-7(3)10-9(11)8(4)12/h5-6H,1-4H3. The molecule has 0 aliphatic heterocycles. The quantitative estimate of drug-likeness (QED) is 0.629. The van der Waals surface area contributed by atoms with E-state index in [-0.39, 0.29) is 5.78 Å². The van der Waals surface area contributed by atoms with Gasteiger partial charge >= 0.3 is 0 Å².